The molecular weight excluding hydrogens is 452 g/mol. The van der Waals surface area contributed by atoms with Gasteiger partial charge in [-0.05, 0) is 42.3 Å². The van der Waals surface area contributed by atoms with E-state index in [4.69, 9.17) is 21.1 Å². The minimum atomic E-state index is -0.638. The fourth-order valence-electron chi connectivity index (χ4n) is 3.01. The van der Waals surface area contributed by atoms with Crippen LogP contribution < -0.4 is 15.4 Å². The Bertz CT molecular complexity index is 1160. The van der Waals surface area contributed by atoms with Crippen molar-refractivity contribution in [3.8, 4) is 5.75 Å². The first-order valence-corrected chi connectivity index (χ1v) is 10.7. The molecule has 0 aliphatic rings. The number of nitrogens with one attached hydrogen (secondary N) is 2. The van der Waals surface area contributed by atoms with Crippen molar-refractivity contribution in [1.82, 2.24) is 0 Å². The first-order chi connectivity index (χ1) is 15.3. The van der Waals surface area contributed by atoms with Crippen molar-refractivity contribution in [1.29, 1.82) is 0 Å². The van der Waals surface area contributed by atoms with E-state index in [1.165, 1.54) is 14.2 Å². The van der Waals surface area contributed by atoms with Gasteiger partial charge in [-0.2, -0.15) is 0 Å². The number of hydrogen-bond acceptors (Lipinski definition) is 6. The van der Waals surface area contributed by atoms with Crippen LogP contribution in [0.15, 0.2) is 48.5 Å². The van der Waals surface area contributed by atoms with Gasteiger partial charge >= 0.3 is 5.97 Å². The van der Waals surface area contributed by atoms with Crippen molar-refractivity contribution in [2.24, 2.45) is 0 Å². The van der Waals surface area contributed by atoms with Crippen molar-refractivity contribution in [2.75, 3.05) is 24.9 Å². The lowest BCUT2D eigenvalue weighted by Gasteiger charge is -2.07. The normalized spacial score (nSPS) is 10.4. The number of esters is 1. The predicted molar refractivity (Wildman–Crippen MR) is 125 cm³/mol. The highest BCUT2D eigenvalue weighted by atomic mass is 35.5. The Balaban J connectivity index is 1.85. The molecule has 1 heterocycles. The van der Waals surface area contributed by atoms with Crippen molar-refractivity contribution in [2.45, 2.75) is 13.3 Å². The molecule has 0 bridgehead atoms. The average molecular weight is 473 g/mol. The summed E-state index contributed by atoms with van der Waals surface area (Å²) in [6, 6.07) is 13.8. The molecule has 0 unspecified atom stereocenters. The molecule has 2 aromatic carbocycles. The van der Waals surface area contributed by atoms with E-state index in [0.717, 1.165) is 16.9 Å². The Kier molecular flexibility index (Phi) is 7.50. The van der Waals surface area contributed by atoms with Gasteiger partial charge < -0.3 is 20.1 Å². The number of hydrogen-bond donors (Lipinski definition) is 2. The molecule has 0 fully saturated rings. The second-order valence-corrected chi connectivity index (χ2v) is 8.25. The zero-order valence-electron chi connectivity index (χ0n) is 17.7. The van der Waals surface area contributed by atoms with Gasteiger partial charge in [0.05, 0.1) is 31.1 Å². The summed E-state index contributed by atoms with van der Waals surface area (Å²) < 4.78 is 10.0. The number of anilines is 2. The fourth-order valence-corrected chi connectivity index (χ4v) is 4.25. The number of carbonyl (C=O) groups excluding carboxylic acids is 3. The standard InChI is InChI=1S/C23H21ClN2O5S/c1-13-19(23(29)31-3)22(26-18(27)11-14-7-9-15(24)10-8-14)32-20(13)21(28)25-16-5-4-6-17(12-16)30-2/h4-10,12H,11H2,1-3H3,(H,25,28)(H,26,27). The molecule has 32 heavy (non-hydrogen) atoms. The van der Waals surface area contributed by atoms with Crippen LogP contribution >= 0.6 is 22.9 Å². The minimum absolute atomic E-state index is 0.0834. The smallest absolute Gasteiger partial charge is 0.341 e. The van der Waals surface area contributed by atoms with E-state index in [9.17, 15) is 14.4 Å². The van der Waals surface area contributed by atoms with Crippen LogP contribution in [0.1, 0.15) is 31.2 Å². The number of rotatable bonds is 7. The molecule has 0 spiro atoms. The Morgan fingerprint density at radius 1 is 1.03 bits per heavy atom. The largest absolute Gasteiger partial charge is 0.497 e. The lowest BCUT2D eigenvalue weighted by molar-refractivity contribution is -0.115. The highest BCUT2D eigenvalue weighted by Gasteiger charge is 2.26. The minimum Gasteiger partial charge on any atom is -0.497 e. The second kappa shape index (κ2) is 10.3. The van der Waals surface area contributed by atoms with Gasteiger partial charge in [0.2, 0.25) is 5.91 Å². The molecule has 166 valence electrons. The molecule has 3 aromatic rings. The van der Waals surface area contributed by atoms with E-state index in [-0.39, 0.29) is 27.8 Å². The van der Waals surface area contributed by atoms with Gasteiger partial charge in [-0.25, -0.2) is 4.79 Å². The summed E-state index contributed by atoms with van der Waals surface area (Å²) in [6.45, 7) is 1.64. The van der Waals surface area contributed by atoms with Gasteiger partial charge in [-0.3, -0.25) is 9.59 Å². The topological polar surface area (TPSA) is 93.7 Å². The molecule has 2 N–H and O–H groups in total. The van der Waals surface area contributed by atoms with Crippen molar-refractivity contribution in [3.05, 3.63) is 75.1 Å². The Morgan fingerprint density at radius 3 is 2.41 bits per heavy atom. The third-order valence-electron chi connectivity index (χ3n) is 4.60. The number of amides is 2. The highest BCUT2D eigenvalue weighted by molar-refractivity contribution is 7.18. The van der Waals surface area contributed by atoms with Gasteiger partial charge in [0, 0.05) is 16.8 Å². The van der Waals surface area contributed by atoms with E-state index in [0.29, 0.717) is 22.0 Å². The molecule has 3 rings (SSSR count). The van der Waals surface area contributed by atoms with Gasteiger partial charge in [-0.1, -0.05) is 29.8 Å². The lowest BCUT2D eigenvalue weighted by atomic mass is 10.1. The number of methoxy groups -OCH3 is 2. The fraction of sp³-hybridized carbons (Fsp3) is 0.174. The molecule has 0 aliphatic heterocycles. The van der Waals surface area contributed by atoms with E-state index in [1.807, 2.05) is 0 Å². The molecule has 7 nitrogen and oxygen atoms in total. The summed E-state index contributed by atoms with van der Waals surface area (Å²) >= 11 is 6.89. The first-order valence-electron chi connectivity index (χ1n) is 9.53. The van der Waals surface area contributed by atoms with Crippen LogP contribution in [-0.2, 0) is 16.0 Å². The maximum absolute atomic E-state index is 12.9. The number of carbonyl (C=O) groups is 3. The predicted octanol–water partition coefficient (Wildman–Crippen LogP) is 4.94. The van der Waals surface area contributed by atoms with Crippen LogP contribution in [0.25, 0.3) is 0 Å². The van der Waals surface area contributed by atoms with Crippen molar-refractivity contribution in [3.63, 3.8) is 0 Å². The Hall–Kier alpha value is -3.36. The first kappa shape index (κ1) is 23.3. The molecule has 0 atom stereocenters. The third kappa shape index (κ3) is 5.46. The maximum atomic E-state index is 12.9. The zero-order chi connectivity index (χ0) is 23.3. The van der Waals surface area contributed by atoms with Crippen molar-refractivity contribution < 1.29 is 23.9 Å². The van der Waals surface area contributed by atoms with E-state index < -0.39 is 11.9 Å². The highest BCUT2D eigenvalue weighted by Crippen LogP contribution is 2.34. The third-order valence-corrected chi connectivity index (χ3v) is 6.06. The summed E-state index contributed by atoms with van der Waals surface area (Å²) in [5.41, 5.74) is 1.87. The van der Waals surface area contributed by atoms with E-state index in [2.05, 4.69) is 10.6 Å². The molecule has 0 saturated carbocycles. The summed E-state index contributed by atoms with van der Waals surface area (Å²) in [7, 11) is 2.78. The lowest BCUT2D eigenvalue weighted by Crippen LogP contribution is -2.16. The number of halogens is 1. The summed E-state index contributed by atoms with van der Waals surface area (Å²) in [5.74, 6) is -0.792. The van der Waals surface area contributed by atoms with Gasteiger partial charge in [0.1, 0.15) is 10.8 Å². The van der Waals surface area contributed by atoms with Gasteiger partial charge in [0.25, 0.3) is 5.91 Å². The van der Waals surface area contributed by atoms with Gasteiger partial charge in [-0.15, -0.1) is 11.3 Å². The molecule has 0 saturated heterocycles. The van der Waals surface area contributed by atoms with Crippen LogP contribution in [-0.4, -0.2) is 32.0 Å². The quantitative estimate of drug-likeness (QED) is 0.475. The van der Waals surface area contributed by atoms with Gasteiger partial charge in [0.15, 0.2) is 0 Å². The number of ether oxygens (including phenoxy) is 2. The summed E-state index contributed by atoms with van der Waals surface area (Å²) in [6.07, 6.45) is 0.0834. The summed E-state index contributed by atoms with van der Waals surface area (Å²) in [5, 5.41) is 6.34. The van der Waals surface area contributed by atoms with E-state index in [1.54, 1.807) is 55.5 Å². The van der Waals surface area contributed by atoms with Crippen LogP contribution in [0.5, 0.6) is 5.75 Å². The summed E-state index contributed by atoms with van der Waals surface area (Å²) in [4.78, 5) is 38.1. The molecule has 9 heteroatoms. The molecule has 1 aromatic heterocycles. The monoisotopic (exact) mass is 472 g/mol. The average Bonchev–Trinajstić information content (AvgIpc) is 3.10. The second-order valence-electron chi connectivity index (χ2n) is 6.79. The van der Waals surface area contributed by atoms with Crippen LogP contribution in [0.2, 0.25) is 5.02 Å². The molecule has 0 aliphatic carbocycles. The van der Waals surface area contributed by atoms with E-state index >= 15 is 0 Å². The molecular formula is C23H21ClN2O5S. The SMILES string of the molecule is COC(=O)c1c(NC(=O)Cc2ccc(Cl)cc2)sc(C(=O)Nc2cccc(OC)c2)c1C. The Morgan fingerprint density at radius 2 is 1.75 bits per heavy atom. The molecule has 2 amide bonds. The molecule has 0 radical (unpaired) electrons. The van der Waals surface area contributed by atoms with Crippen LogP contribution in [0, 0.1) is 6.92 Å². The van der Waals surface area contributed by atoms with Crippen LogP contribution in [0.4, 0.5) is 10.7 Å². The zero-order valence-corrected chi connectivity index (χ0v) is 19.2. The Labute approximate surface area is 194 Å². The van der Waals surface area contributed by atoms with Crippen molar-refractivity contribution >= 4 is 51.4 Å². The number of thiophene rings is 1. The maximum Gasteiger partial charge on any atom is 0.341 e. The number of benzene rings is 2. The van der Waals surface area contributed by atoms with Crippen LogP contribution in [0.3, 0.4) is 0 Å².